The first kappa shape index (κ1) is 9.21. The van der Waals surface area contributed by atoms with Crippen LogP contribution in [-0.2, 0) is 0 Å². The van der Waals surface area contributed by atoms with Crippen LogP contribution < -0.4 is 21.2 Å². The van der Waals surface area contributed by atoms with E-state index in [1.807, 2.05) is 11.3 Å². The number of hydrogen-bond donors (Lipinski definition) is 0. The summed E-state index contributed by atoms with van der Waals surface area (Å²) < 4.78 is 3.05. The quantitative estimate of drug-likeness (QED) is 0.695. The summed E-state index contributed by atoms with van der Waals surface area (Å²) in [6, 6.07) is 13.3. The Morgan fingerprint density at radius 2 is 1.85 bits per heavy atom. The van der Waals surface area contributed by atoms with E-state index in [4.69, 9.17) is 0 Å². The summed E-state index contributed by atoms with van der Waals surface area (Å²) in [6.07, 6.45) is 0. The van der Waals surface area contributed by atoms with E-state index in [9.17, 15) is 0 Å². The highest BCUT2D eigenvalue weighted by Gasteiger charge is 2.15. The Hall–Kier alpha value is -0.350. The molecule has 0 atom stereocenters. The summed E-state index contributed by atoms with van der Waals surface area (Å²) in [5.41, 5.74) is 1.35. The van der Waals surface area contributed by atoms with Crippen molar-refractivity contribution in [2.24, 2.45) is 0 Å². The highest BCUT2D eigenvalue weighted by Crippen LogP contribution is 1.96. The van der Waals surface area contributed by atoms with Crippen LogP contribution in [0.2, 0.25) is 0 Å². The first-order chi connectivity index (χ1) is 6.34. The maximum atomic E-state index is 2.25. The largest absolute Gasteiger partial charge is 0.369 e. The molecule has 66 valence electrons. The van der Waals surface area contributed by atoms with Crippen molar-refractivity contribution in [3.8, 4) is 0 Å². The van der Waals surface area contributed by atoms with Crippen molar-refractivity contribution in [2.75, 3.05) is 0 Å². The normalized spacial score (nSPS) is 10.2. The van der Waals surface area contributed by atoms with E-state index in [1.165, 1.54) is 9.13 Å². The monoisotopic (exact) mass is 301 g/mol. The number of thiophene rings is 1. The van der Waals surface area contributed by atoms with Gasteiger partial charge in [0.15, 0.2) is 3.57 Å². The topological polar surface area (TPSA) is 0 Å². The second kappa shape index (κ2) is 4.24. The molecule has 0 fully saturated rings. The molecule has 0 nitrogen and oxygen atoms in total. The van der Waals surface area contributed by atoms with Crippen LogP contribution in [0, 0.1) is 13.4 Å². The molecule has 1 heterocycles. The van der Waals surface area contributed by atoms with Gasteiger partial charge in [0.05, 0.1) is 0 Å². The summed E-state index contributed by atoms with van der Waals surface area (Å²) in [4.78, 5) is 0. The Balaban J connectivity index is 2.15. The lowest BCUT2D eigenvalue weighted by Gasteiger charge is -1.86. The van der Waals surface area contributed by atoms with E-state index in [0.29, 0.717) is 0 Å². The minimum absolute atomic E-state index is 0.0720. The summed E-state index contributed by atoms with van der Waals surface area (Å²) in [7, 11) is 0. The minimum Gasteiger partial charge on any atom is -0.0963 e. The maximum absolute atomic E-state index is 2.25. The fourth-order valence-electron chi connectivity index (χ4n) is 1.02. The van der Waals surface area contributed by atoms with E-state index in [2.05, 4.69) is 48.7 Å². The molecule has 2 heteroatoms. The Morgan fingerprint density at radius 1 is 1.08 bits per heavy atom. The van der Waals surface area contributed by atoms with E-state index < -0.39 is 0 Å². The predicted octanol–water partition coefficient (Wildman–Crippen LogP) is 0.185. The van der Waals surface area contributed by atoms with Gasteiger partial charge >= 0.3 is 21.2 Å². The predicted molar refractivity (Wildman–Crippen MR) is 52.9 cm³/mol. The van der Waals surface area contributed by atoms with Gasteiger partial charge in [0.1, 0.15) is 0 Å². The number of benzene rings is 1. The summed E-state index contributed by atoms with van der Waals surface area (Å²) in [6.45, 7) is 2.13. The van der Waals surface area contributed by atoms with Gasteiger partial charge in [-0.15, -0.1) is 0 Å². The molecule has 1 aromatic carbocycles. The zero-order valence-electron chi connectivity index (χ0n) is 7.33. The summed E-state index contributed by atoms with van der Waals surface area (Å²) in [5, 5.41) is 2.16. The third-order valence-corrected chi connectivity index (χ3v) is 5.87. The summed E-state index contributed by atoms with van der Waals surface area (Å²) in [5.74, 6) is 0. The molecule has 0 amide bonds. The van der Waals surface area contributed by atoms with Crippen LogP contribution in [0.15, 0.2) is 41.8 Å². The highest BCUT2D eigenvalue weighted by atomic mass is 127. The third kappa shape index (κ3) is 2.54. The number of halogens is 1. The van der Waals surface area contributed by atoms with Crippen molar-refractivity contribution < 1.29 is 21.2 Å². The molecule has 0 N–H and O–H groups in total. The van der Waals surface area contributed by atoms with Gasteiger partial charge in [0, 0.05) is 6.07 Å². The number of aryl methyl sites for hydroxylation is 1. The van der Waals surface area contributed by atoms with Crippen LogP contribution in [0.5, 0.6) is 0 Å². The Bertz CT molecular complexity index is 361. The lowest BCUT2D eigenvalue weighted by Crippen LogP contribution is -3.61. The van der Waals surface area contributed by atoms with Crippen molar-refractivity contribution in [3.63, 3.8) is 0 Å². The molecule has 0 unspecified atom stereocenters. The lowest BCUT2D eigenvalue weighted by atomic mass is 10.2. The molecule has 0 aliphatic rings. The number of hydrogen-bond acceptors (Lipinski definition) is 1. The molecule has 0 radical (unpaired) electrons. The third-order valence-electron chi connectivity index (χ3n) is 1.70. The molecule has 0 saturated heterocycles. The molecular formula is C11H10IS+. The lowest BCUT2D eigenvalue weighted by molar-refractivity contribution is -0.591. The average Bonchev–Trinajstić information content (AvgIpc) is 2.62. The van der Waals surface area contributed by atoms with Gasteiger partial charge in [-0.3, -0.25) is 0 Å². The zero-order valence-corrected chi connectivity index (χ0v) is 10.3. The molecule has 2 aromatic rings. The zero-order chi connectivity index (χ0) is 9.10. The second-order valence-corrected chi connectivity index (χ2v) is 7.43. The minimum atomic E-state index is 0.0720. The fraction of sp³-hybridized carbons (Fsp3) is 0.0909. The van der Waals surface area contributed by atoms with Gasteiger partial charge in [0.25, 0.3) is 0 Å². The smallest absolute Gasteiger partial charge is 0.0963 e. The maximum Gasteiger partial charge on any atom is 0.369 e. The summed E-state index contributed by atoms with van der Waals surface area (Å²) >= 11 is 1.94. The molecule has 13 heavy (non-hydrogen) atoms. The molecule has 0 bridgehead atoms. The first-order valence-corrected chi connectivity index (χ1v) is 7.13. The van der Waals surface area contributed by atoms with Gasteiger partial charge in [-0.05, 0) is 30.5 Å². The van der Waals surface area contributed by atoms with Crippen LogP contribution in [0.4, 0.5) is 0 Å². The van der Waals surface area contributed by atoms with Crippen LogP contribution in [-0.4, -0.2) is 0 Å². The highest BCUT2D eigenvalue weighted by molar-refractivity contribution is 7.07. The molecule has 0 spiro atoms. The van der Waals surface area contributed by atoms with Crippen LogP contribution >= 0.6 is 11.3 Å². The molecule has 0 aliphatic heterocycles. The first-order valence-electron chi connectivity index (χ1n) is 4.09. The van der Waals surface area contributed by atoms with Crippen molar-refractivity contribution in [1.82, 2.24) is 0 Å². The van der Waals surface area contributed by atoms with Gasteiger partial charge in [0.2, 0.25) is 2.88 Å². The average molecular weight is 301 g/mol. The van der Waals surface area contributed by atoms with Crippen LogP contribution in [0.3, 0.4) is 0 Å². The fourth-order valence-corrected chi connectivity index (χ4v) is 4.64. The van der Waals surface area contributed by atoms with Gasteiger partial charge in [-0.25, -0.2) is 0 Å². The Morgan fingerprint density at radius 3 is 2.46 bits per heavy atom. The van der Waals surface area contributed by atoms with Crippen molar-refractivity contribution in [1.29, 1.82) is 0 Å². The molecular weight excluding hydrogens is 291 g/mol. The standard InChI is InChI=1S/C11H10IS/c1-9-4-6-10(7-5-9)12-11-3-2-8-13-11/h2-8H,1H3/q+1. The Labute approximate surface area is 92.9 Å². The van der Waals surface area contributed by atoms with Gasteiger partial charge < -0.3 is 0 Å². The van der Waals surface area contributed by atoms with Crippen molar-refractivity contribution in [3.05, 3.63) is 53.8 Å². The molecule has 1 aromatic heterocycles. The molecule has 0 saturated carbocycles. The van der Waals surface area contributed by atoms with Crippen molar-refractivity contribution >= 4 is 11.3 Å². The SMILES string of the molecule is Cc1ccc([I+]c2cccs2)cc1. The van der Waals surface area contributed by atoms with Gasteiger partial charge in [-0.2, -0.15) is 0 Å². The van der Waals surface area contributed by atoms with E-state index in [0.717, 1.165) is 0 Å². The Kier molecular flexibility index (Phi) is 3.01. The van der Waals surface area contributed by atoms with Crippen LogP contribution in [0.25, 0.3) is 0 Å². The molecule has 0 aliphatic carbocycles. The van der Waals surface area contributed by atoms with Crippen molar-refractivity contribution in [2.45, 2.75) is 6.92 Å². The molecule has 2 rings (SSSR count). The van der Waals surface area contributed by atoms with E-state index >= 15 is 0 Å². The second-order valence-electron chi connectivity index (χ2n) is 2.81. The van der Waals surface area contributed by atoms with E-state index in [-0.39, 0.29) is 21.2 Å². The van der Waals surface area contributed by atoms with Crippen LogP contribution in [0.1, 0.15) is 5.56 Å². The number of rotatable bonds is 2. The van der Waals surface area contributed by atoms with E-state index in [1.54, 1.807) is 2.88 Å². The van der Waals surface area contributed by atoms with Gasteiger partial charge in [-0.1, -0.05) is 29.0 Å².